The maximum atomic E-state index is 15.1. The van der Waals surface area contributed by atoms with E-state index in [9.17, 15) is 13.6 Å². The molecule has 2 aromatic heterocycles. The number of nitrogens with one attached hydrogen (secondary N) is 1. The van der Waals surface area contributed by atoms with Gasteiger partial charge in [-0.3, -0.25) is 10.1 Å². The highest BCUT2D eigenvalue weighted by molar-refractivity contribution is 6.32. The Balaban J connectivity index is 1.80. The fourth-order valence-corrected chi connectivity index (χ4v) is 4.67. The quantitative estimate of drug-likeness (QED) is 0.277. The first-order valence-electron chi connectivity index (χ1n) is 11.2. The summed E-state index contributed by atoms with van der Waals surface area (Å²) >= 11 is 6.45. The molecular formula is C27H19ClF3N3O2. The first-order valence-corrected chi connectivity index (χ1v) is 11.6. The molecule has 2 heterocycles. The van der Waals surface area contributed by atoms with Gasteiger partial charge in [-0.05, 0) is 71.4 Å². The van der Waals surface area contributed by atoms with Crippen LogP contribution in [0.2, 0.25) is 5.02 Å². The summed E-state index contributed by atoms with van der Waals surface area (Å²) in [5.41, 5.74) is 3.24. The lowest BCUT2D eigenvalue weighted by atomic mass is 9.74. The van der Waals surface area contributed by atoms with Crippen LogP contribution in [0.25, 0.3) is 28.1 Å². The predicted octanol–water partition coefficient (Wildman–Crippen LogP) is 6.89. The lowest BCUT2D eigenvalue weighted by Crippen LogP contribution is -2.16. The maximum Gasteiger partial charge on any atom is 0.328 e. The molecular weight excluding hydrogens is 491 g/mol. The Labute approximate surface area is 208 Å². The Bertz CT molecular complexity index is 1560. The summed E-state index contributed by atoms with van der Waals surface area (Å²) in [4.78, 5) is 15.2. The van der Waals surface area contributed by atoms with E-state index in [-0.39, 0.29) is 21.9 Å². The minimum Gasteiger partial charge on any atom is -0.478 e. The van der Waals surface area contributed by atoms with Crippen LogP contribution in [0, 0.1) is 23.5 Å². The van der Waals surface area contributed by atoms with E-state index in [1.165, 1.54) is 24.3 Å². The smallest absolute Gasteiger partial charge is 0.328 e. The monoisotopic (exact) mass is 509 g/mol. The van der Waals surface area contributed by atoms with Crippen LogP contribution >= 0.6 is 11.6 Å². The van der Waals surface area contributed by atoms with Crippen molar-refractivity contribution in [3.8, 4) is 0 Å². The Morgan fingerprint density at radius 3 is 2.50 bits per heavy atom. The number of nitrogens with zero attached hydrogens (tertiary/aromatic N) is 2. The van der Waals surface area contributed by atoms with E-state index in [0.717, 1.165) is 31.5 Å². The van der Waals surface area contributed by atoms with Gasteiger partial charge >= 0.3 is 5.97 Å². The number of H-pyrrole nitrogens is 1. The molecule has 1 fully saturated rings. The number of benzene rings is 2. The van der Waals surface area contributed by atoms with Crippen molar-refractivity contribution >= 4 is 45.7 Å². The summed E-state index contributed by atoms with van der Waals surface area (Å²) in [6.07, 6.45) is 5.74. The average molecular weight is 510 g/mol. The fourth-order valence-electron chi connectivity index (χ4n) is 4.42. The predicted molar refractivity (Wildman–Crippen MR) is 132 cm³/mol. The molecule has 1 aliphatic rings. The topological polar surface area (TPSA) is 78.9 Å². The number of hydrogen-bond donors (Lipinski definition) is 2. The van der Waals surface area contributed by atoms with Crippen molar-refractivity contribution in [1.29, 1.82) is 0 Å². The summed E-state index contributed by atoms with van der Waals surface area (Å²) in [5, 5.41) is 15.5. The highest BCUT2D eigenvalue weighted by Gasteiger charge is 2.30. The number of hydrogen-bond acceptors (Lipinski definition) is 3. The van der Waals surface area contributed by atoms with Gasteiger partial charge in [-0.1, -0.05) is 36.2 Å². The minimum atomic E-state index is -1.20. The molecule has 0 unspecified atom stereocenters. The van der Waals surface area contributed by atoms with E-state index in [2.05, 4.69) is 15.2 Å². The van der Waals surface area contributed by atoms with Crippen molar-refractivity contribution < 1.29 is 23.1 Å². The summed E-state index contributed by atoms with van der Waals surface area (Å²) in [6, 6.07) is 10.6. The molecule has 0 aliphatic heterocycles. The molecule has 182 valence electrons. The molecule has 4 aromatic rings. The Morgan fingerprint density at radius 2 is 1.83 bits per heavy atom. The van der Waals surface area contributed by atoms with Gasteiger partial charge in [-0.2, -0.15) is 9.49 Å². The third-order valence-electron chi connectivity index (χ3n) is 6.34. The molecule has 36 heavy (non-hydrogen) atoms. The number of rotatable bonds is 6. The Hall–Kier alpha value is -3.91. The molecule has 0 saturated heterocycles. The van der Waals surface area contributed by atoms with Gasteiger partial charge in [0.25, 0.3) is 0 Å². The number of aromatic nitrogens is 3. The van der Waals surface area contributed by atoms with Crippen molar-refractivity contribution in [2.75, 3.05) is 0 Å². The number of carbonyl (C=O) groups is 1. The fraction of sp³-hybridized carbons (Fsp3) is 0.148. The van der Waals surface area contributed by atoms with E-state index in [0.29, 0.717) is 33.5 Å². The van der Waals surface area contributed by atoms with Crippen molar-refractivity contribution in [3.63, 3.8) is 0 Å². The molecule has 0 spiro atoms. The lowest BCUT2D eigenvalue weighted by Gasteiger charge is -2.31. The summed E-state index contributed by atoms with van der Waals surface area (Å²) < 4.78 is 43.4. The molecule has 5 nitrogen and oxygen atoms in total. The van der Waals surface area contributed by atoms with Gasteiger partial charge in [0, 0.05) is 11.6 Å². The van der Waals surface area contributed by atoms with Gasteiger partial charge < -0.3 is 5.11 Å². The summed E-state index contributed by atoms with van der Waals surface area (Å²) in [6.45, 7) is 0. The van der Waals surface area contributed by atoms with E-state index in [1.54, 1.807) is 24.3 Å². The number of pyridine rings is 1. The highest BCUT2D eigenvalue weighted by Crippen LogP contribution is 2.46. The van der Waals surface area contributed by atoms with Crippen LogP contribution in [0.3, 0.4) is 0 Å². The normalized spacial score (nSPS) is 14.8. The molecule has 5 rings (SSSR count). The van der Waals surface area contributed by atoms with Gasteiger partial charge in [0.2, 0.25) is 5.95 Å². The van der Waals surface area contributed by atoms with Crippen molar-refractivity contribution in [1.82, 2.24) is 15.2 Å². The molecule has 0 radical (unpaired) electrons. The van der Waals surface area contributed by atoms with Crippen molar-refractivity contribution in [2.24, 2.45) is 5.92 Å². The second-order valence-electron chi connectivity index (χ2n) is 8.58. The van der Waals surface area contributed by atoms with Gasteiger partial charge in [0.05, 0.1) is 27.8 Å². The first kappa shape index (κ1) is 23.8. The van der Waals surface area contributed by atoms with Crippen LogP contribution in [0.4, 0.5) is 13.2 Å². The zero-order chi connectivity index (χ0) is 25.4. The molecule has 9 heteroatoms. The molecule has 1 aliphatic carbocycles. The number of aliphatic carboxylic acids is 1. The van der Waals surface area contributed by atoms with Crippen LogP contribution in [-0.2, 0) is 4.79 Å². The number of aromatic amines is 1. The summed E-state index contributed by atoms with van der Waals surface area (Å²) in [5.74, 6) is -2.99. The van der Waals surface area contributed by atoms with Crippen LogP contribution < -0.4 is 0 Å². The Kier molecular flexibility index (Phi) is 6.36. The van der Waals surface area contributed by atoms with E-state index in [4.69, 9.17) is 16.7 Å². The van der Waals surface area contributed by atoms with Gasteiger partial charge in [-0.15, -0.1) is 0 Å². The van der Waals surface area contributed by atoms with E-state index >= 15 is 4.39 Å². The van der Waals surface area contributed by atoms with E-state index < -0.39 is 23.6 Å². The number of halogens is 4. The standard InChI is InChI=1S/C27H19ClF3N3O2/c28-20-12-18(29)13-32-26(20)25(15-2-1-3-15)24(16-6-8-22-19(10-16)27(31)34-33-22)17-5-4-14(21(30)11-17)7-9-23(35)36/h4-13,15H,1-3H2,(H,33,34)(H,35,36)/b9-7+,25-24?. The van der Waals surface area contributed by atoms with E-state index in [1.807, 2.05) is 0 Å². The SMILES string of the molecule is O=C(O)/C=C/c1ccc(C(=C(c2ncc(F)cc2Cl)C2CCC2)c2ccc3n[nH]c(F)c3c2)cc1F. The van der Waals surface area contributed by atoms with Crippen molar-refractivity contribution in [3.05, 3.63) is 99.7 Å². The number of carboxylic acids is 1. The van der Waals surface area contributed by atoms with Crippen LogP contribution in [0.5, 0.6) is 0 Å². The second-order valence-corrected chi connectivity index (χ2v) is 8.99. The molecule has 0 atom stereocenters. The number of carboxylic acid groups (broad SMARTS) is 1. The van der Waals surface area contributed by atoms with Gasteiger partial charge in [-0.25, -0.2) is 13.6 Å². The van der Waals surface area contributed by atoms with Gasteiger partial charge in [0.15, 0.2) is 0 Å². The molecule has 1 saturated carbocycles. The largest absolute Gasteiger partial charge is 0.478 e. The second kappa shape index (κ2) is 9.62. The lowest BCUT2D eigenvalue weighted by molar-refractivity contribution is -0.131. The van der Waals surface area contributed by atoms with Crippen LogP contribution in [-0.4, -0.2) is 26.3 Å². The van der Waals surface area contributed by atoms with Crippen molar-refractivity contribution in [2.45, 2.75) is 19.3 Å². The highest BCUT2D eigenvalue weighted by atomic mass is 35.5. The Morgan fingerprint density at radius 1 is 1.08 bits per heavy atom. The van der Waals surface area contributed by atoms with Crippen LogP contribution in [0.1, 0.15) is 41.6 Å². The molecule has 0 amide bonds. The van der Waals surface area contributed by atoms with Gasteiger partial charge in [0.1, 0.15) is 11.6 Å². The molecule has 2 aromatic carbocycles. The van der Waals surface area contributed by atoms with Crippen LogP contribution in [0.15, 0.2) is 54.7 Å². The molecule has 2 N–H and O–H groups in total. The first-order chi connectivity index (χ1) is 17.3. The maximum absolute atomic E-state index is 15.1. The third-order valence-corrected chi connectivity index (χ3v) is 6.62. The average Bonchev–Trinajstić information content (AvgIpc) is 3.17. The summed E-state index contributed by atoms with van der Waals surface area (Å²) in [7, 11) is 0. The third kappa shape index (κ3) is 4.52. The minimum absolute atomic E-state index is 0.0231. The zero-order valence-electron chi connectivity index (χ0n) is 18.7. The zero-order valence-corrected chi connectivity index (χ0v) is 19.5. The number of fused-ring (bicyclic) bond motifs is 1. The number of allylic oxidation sites excluding steroid dienone is 1. The molecule has 0 bridgehead atoms.